The Balaban J connectivity index is 1.91. The first-order valence-corrected chi connectivity index (χ1v) is 8.92. The highest BCUT2D eigenvalue weighted by atomic mass is 19.3. The molecule has 0 aromatic carbocycles. The minimum absolute atomic E-state index is 0.0106. The Bertz CT molecular complexity index is 836. The van der Waals surface area contributed by atoms with Crippen LogP contribution < -0.4 is 10.6 Å². The second-order valence-corrected chi connectivity index (χ2v) is 6.34. The van der Waals surface area contributed by atoms with Crippen LogP contribution in [0.1, 0.15) is 22.8 Å². The molecule has 0 aliphatic heterocycles. The Kier molecular flexibility index (Phi) is 7.35. The van der Waals surface area contributed by atoms with Gasteiger partial charge in [0.25, 0.3) is 11.8 Å². The monoisotopic (exact) mass is 428 g/mol. The van der Waals surface area contributed by atoms with Gasteiger partial charge in [-0.1, -0.05) is 0 Å². The van der Waals surface area contributed by atoms with Crippen LogP contribution in [0.25, 0.3) is 0 Å². The number of nitrogens with one attached hydrogen (secondary N) is 2. The zero-order valence-electron chi connectivity index (χ0n) is 16.3. The summed E-state index contributed by atoms with van der Waals surface area (Å²) in [6.45, 7) is 2.49. The summed E-state index contributed by atoms with van der Waals surface area (Å²) in [6, 6.07) is 0. The Morgan fingerprint density at radius 3 is 1.40 bits per heavy atom. The van der Waals surface area contributed by atoms with Gasteiger partial charge in [0.1, 0.15) is 0 Å². The van der Waals surface area contributed by atoms with Crippen molar-refractivity contribution in [1.29, 1.82) is 0 Å². The lowest BCUT2D eigenvalue weighted by atomic mass is 10.1. The molecule has 162 valence electrons. The molecular formula is C18H20F4N6O2. The van der Waals surface area contributed by atoms with E-state index in [9.17, 15) is 27.2 Å². The minimum Gasteiger partial charge on any atom is -0.350 e. The van der Waals surface area contributed by atoms with Gasteiger partial charge in [0.05, 0.1) is 22.8 Å². The molecule has 2 heterocycles. The minimum atomic E-state index is -5.24. The van der Waals surface area contributed by atoms with E-state index in [4.69, 9.17) is 0 Å². The van der Waals surface area contributed by atoms with Gasteiger partial charge in [0.2, 0.25) is 0 Å². The van der Waals surface area contributed by atoms with Crippen molar-refractivity contribution >= 4 is 11.8 Å². The standard InChI is InChI=1S/C18H20F4N6O2/c1-11-13(25-9-7-23-11)3-5-27-15(29)17(19,20)18(21,22)16(30)28-6-4-14-12(2)24-8-10-26-14/h7-10H,3-6H2,1-2H3,(H,27,29)(H,28,30). The van der Waals surface area contributed by atoms with Crippen molar-refractivity contribution in [2.45, 2.75) is 38.5 Å². The molecular weight excluding hydrogens is 408 g/mol. The van der Waals surface area contributed by atoms with Gasteiger partial charge >= 0.3 is 11.8 Å². The third-order valence-electron chi connectivity index (χ3n) is 4.23. The summed E-state index contributed by atoms with van der Waals surface area (Å²) in [5.74, 6) is -15.0. The smallest absolute Gasteiger partial charge is 0.350 e. The van der Waals surface area contributed by atoms with Crippen molar-refractivity contribution in [2.75, 3.05) is 13.1 Å². The number of rotatable bonds is 9. The van der Waals surface area contributed by atoms with Crippen LogP contribution in [-0.2, 0) is 22.4 Å². The first-order chi connectivity index (χ1) is 14.1. The van der Waals surface area contributed by atoms with E-state index in [1.165, 1.54) is 24.8 Å². The molecule has 8 nitrogen and oxygen atoms in total. The maximum Gasteiger partial charge on any atom is 0.395 e. The van der Waals surface area contributed by atoms with Crippen LogP contribution in [0.4, 0.5) is 17.6 Å². The van der Waals surface area contributed by atoms with Gasteiger partial charge in [-0.25, -0.2) is 0 Å². The Morgan fingerprint density at radius 2 is 1.07 bits per heavy atom. The average molecular weight is 428 g/mol. The topological polar surface area (TPSA) is 110 Å². The Hall–Kier alpha value is -3.18. The highest BCUT2D eigenvalue weighted by Crippen LogP contribution is 2.34. The van der Waals surface area contributed by atoms with Crippen LogP contribution in [0.2, 0.25) is 0 Å². The number of aryl methyl sites for hydroxylation is 2. The predicted molar refractivity (Wildman–Crippen MR) is 96.9 cm³/mol. The quantitative estimate of drug-likeness (QED) is 0.581. The van der Waals surface area contributed by atoms with E-state index >= 15 is 0 Å². The van der Waals surface area contributed by atoms with E-state index in [0.29, 0.717) is 22.8 Å². The molecule has 0 aliphatic carbocycles. The first-order valence-electron chi connectivity index (χ1n) is 8.92. The third-order valence-corrected chi connectivity index (χ3v) is 4.23. The van der Waals surface area contributed by atoms with Crippen LogP contribution >= 0.6 is 0 Å². The van der Waals surface area contributed by atoms with E-state index < -0.39 is 23.7 Å². The summed E-state index contributed by atoms with van der Waals surface area (Å²) in [4.78, 5) is 39.1. The van der Waals surface area contributed by atoms with Crippen molar-refractivity contribution in [3.8, 4) is 0 Å². The number of hydrogen-bond donors (Lipinski definition) is 2. The second kappa shape index (κ2) is 9.55. The number of alkyl halides is 4. The van der Waals surface area contributed by atoms with Crippen LogP contribution in [0, 0.1) is 13.8 Å². The molecule has 2 rings (SSSR count). The van der Waals surface area contributed by atoms with E-state index in [1.54, 1.807) is 24.5 Å². The zero-order chi connectivity index (χ0) is 22.4. The molecule has 0 fully saturated rings. The normalized spacial score (nSPS) is 11.8. The van der Waals surface area contributed by atoms with Crippen molar-refractivity contribution in [1.82, 2.24) is 30.6 Å². The number of carbonyl (C=O) groups is 2. The molecule has 30 heavy (non-hydrogen) atoms. The largest absolute Gasteiger partial charge is 0.395 e. The molecule has 0 saturated carbocycles. The third kappa shape index (κ3) is 5.24. The molecule has 0 spiro atoms. The number of nitrogens with zero attached hydrogens (tertiary/aromatic N) is 4. The molecule has 2 aromatic rings. The number of aromatic nitrogens is 4. The number of halogens is 4. The van der Waals surface area contributed by atoms with Crippen molar-refractivity contribution < 1.29 is 27.2 Å². The first kappa shape index (κ1) is 23.1. The predicted octanol–water partition coefficient (Wildman–Crippen LogP) is 1.17. The maximum atomic E-state index is 14.0. The summed E-state index contributed by atoms with van der Waals surface area (Å²) in [7, 11) is 0. The SMILES string of the molecule is Cc1nccnc1CCNC(=O)C(F)(F)C(F)(F)C(=O)NCCc1nccnc1C. The van der Waals surface area contributed by atoms with E-state index in [2.05, 4.69) is 19.9 Å². The fourth-order valence-electron chi connectivity index (χ4n) is 2.46. The highest BCUT2D eigenvalue weighted by Gasteiger charge is 2.66. The summed E-state index contributed by atoms with van der Waals surface area (Å²) < 4.78 is 56.0. The molecule has 0 radical (unpaired) electrons. The van der Waals surface area contributed by atoms with E-state index in [-0.39, 0.29) is 25.9 Å². The maximum absolute atomic E-state index is 14.0. The highest BCUT2D eigenvalue weighted by molar-refractivity contribution is 5.95. The van der Waals surface area contributed by atoms with Crippen LogP contribution in [-0.4, -0.2) is 56.7 Å². The van der Waals surface area contributed by atoms with Gasteiger partial charge in [0.15, 0.2) is 0 Å². The molecule has 12 heteroatoms. The van der Waals surface area contributed by atoms with Crippen LogP contribution in [0.3, 0.4) is 0 Å². The summed E-state index contributed by atoms with van der Waals surface area (Å²) in [5, 5.41) is 3.43. The molecule has 0 unspecified atom stereocenters. The molecule has 2 amide bonds. The van der Waals surface area contributed by atoms with Gasteiger partial charge in [0, 0.05) is 50.7 Å². The average Bonchev–Trinajstić information content (AvgIpc) is 2.70. The lowest BCUT2D eigenvalue weighted by molar-refractivity contribution is -0.211. The van der Waals surface area contributed by atoms with Crippen molar-refractivity contribution in [3.05, 3.63) is 47.6 Å². The number of amides is 2. The number of carbonyl (C=O) groups excluding carboxylic acids is 2. The fraction of sp³-hybridized carbons (Fsp3) is 0.444. The van der Waals surface area contributed by atoms with Gasteiger partial charge in [-0.3, -0.25) is 29.5 Å². The Morgan fingerprint density at radius 1 is 0.733 bits per heavy atom. The van der Waals surface area contributed by atoms with Gasteiger partial charge in [-0.15, -0.1) is 0 Å². The molecule has 2 N–H and O–H groups in total. The van der Waals surface area contributed by atoms with Gasteiger partial charge in [-0.2, -0.15) is 17.6 Å². The molecule has 0 saturated heterocycles. The fourth-order valence-corrected chi connectivity index (χ4v) is 2.46. The molecule has 2 aromatic heterocycles. The second-order valence-electron chi connectivity index (χ2n) is 6.34. The lowest BCUT2D eigenvalue weighted by Crippen LogP contribution is -2.59. The molecule has 0 bridgehead atoms. The summed E-state index contributed by atoms with van der Waals surface area (Å²) in [6.07, 6.45) is 5.62. The van der Waals surface area contributed by atoms with Gasteiger partial charge in [-0.05, 0) is 13.8 Å². The van der Waals surface area contributed by atoms with Gasteiger partial charge < -0.3 is 10.6 Å². The lowest BCUT2D eigenvalue weighted by Gasteiger charge is -2.24. The molecule has 0 aliphatic rings. The van der Waals surface area contributed by atoms with Crippen molar-refractivity contribution in [2.24, 2.45) is 0 Å². The molecule has 0 atom stereocenters. The van der Waals surface area contributed by atoms with Crippen molar-refractivity contribution in [3.63, 3.8) is 0 Å². The summed E-state index contributed by atoms with van der Waals surface area (Å²) in [5.41, 5.74) is 1.87. The van der Waals surface area contributed by atoms with Crippen LogP contribution in [0.5, 0.6) is 0 Å². The van der Waals surface area contributed by atoms with Crippen LogP contribution in [0.15, 0.2) is 24.8 Å². The Labute approximate surface area is 169 Å². The zero-order valence-corrected chi connectivity index (χ0v) is 16.3. The van der Waals surface area contributed by atoms with E-state index in [0.717, 1.165) is 0 Å². The number of hydrogen-bond acceptors (Lipinski definition) is 6. The summed E-state index contributed by atoms with van der Waals surface area (Å²) >= 11 is 0. The van der Waals surface area contributed by atoms with E-state index in [1.807, 2.05) is 0 Å².